The fourth-order valence-corrected chi connectivity index (χ4v) is 5.59. The fourth-order valence-electron chi connectivity index (χ4n) is 3.45. The van der Waals surface area contributed by atoms with Crippen LogP contribution in [0.4, 0.5) is 5.00 Å². The summed E-state index contributed by atoms with van der Waals surface area (Å²) in [5.74, 6) is 1.70. The van der Waals surface area contributed by atoms with Crippen LogP contribution in [0, 0.1) is 24.2 Å². The molecule has 3 rings (SSSR count). The Morgan fingerprint density at radius 2 is 2.26 bits per heavy atom. The molecule has 0 saturated carbocycles. The van der Waals surface area contributed by atoms with Gasteiger partial charge in [-0.05, 0) is 44.1 Å². The van der Waals surface area contributed by atoms with Gasteiger partial charge in [0, 0.05) is 11.4 Å². The number of hydrogen-bond donors (Lipinski definition) is 1. The number of nitrogens with zero attached hydrogens (tertiary/aromatic N) is 4. The predicted octanol–water partition coefficient (Wildman–Crippen LogP) is 4.18. The van der Waals surface area contributed by atoms with Crippen LogP contribution in [0.25, 0.3) is 0 Å². The van der Waals surface area contributed by atoms with E-state index in [1.165, 1.54) is 16.6 Å². The molecule has 0 bridgehead atoms. The number of rotatable bonds is 7. The van der Waals surface area contributed by atoms with Gasteiger partial charge in [-0.15, -0.1) is 21.5 Å². The van der Waals surface area contributed by atoms with E-state index in [0.717, 1.165) is 55.2 Å². The van der Waals surface area contributed by atoms with Crippen LogP contribution in [0.3, 0.4) is 0 Å². The largest absolute Gasteiger partial charge is 0.316 e. The van der Waals surface area contributed by atoms with E-state index in [2.05, 4.69) is 35.4 Å². The summed E-state index contributed by atoms with van der Waals surface area (Å²) >= 11 is 2.96. The number of nitriles is 1. The second-order valence-electron chi connectivity index (χ2n) is 6.86. The van der Waals surface area contributed by atoms with Crippen LogP contribution < -0.4 is 5.32 Å². The second-order valence-corrected chi connectivity index (χ2v) is 8.90. The molecule has 0 aromatic carbocycles. The Morgan fingerprint density at radius 3 is 2.96 bits per heavy atom. The van der Waals surface area contributed by atoms with Crippen LogP contribution in [0.15, 0.2) is 5.16 Å². The molecule has 1 atom stereocenters. The van der Waals surface area contributed by atoms with Crippen molar-refractivity contribution in [3.8, 4) is 6.07 Å². The van der Waals surface area contributed by atoms with Crippen molar-refractivity contribution in [2.24, 2.45) is 5.92 Å². The van der Waals surface area contributed by atoms with E-state index >= 15 is 0 Å². The molecule has 1 N–H and O–H groups in total. The zero-order chi connectivity index (χ0) is 19.4. The highest BCUT2D eigenvalue weighted by atomic mass is 32.2. The van der Waals surface area contributed by atoms with Crippen LogP contribution in [-0.2, 0) is 24.2 Å². The third-order valence-corrected chi connectivity index (χ3v) is 7.13. The molecule has 6 nitrogen and oxygen atoms in total. The monoisotopic (exact) mass is 403 g/mol. The number of thiophene rings is 1. The zero-order valence-electron chi connectivity index (χ0n) is 16.0. The Balaban J connectivity index is 1.67. The number of carbonyl (C=O) groups is 1. The minimum Gasteiger partial charge on any atom is -0.316 e. The van der Waals surface area contributed by atoms with E-state index in [1.807, 2.05) is 11.5 Å². The molecule has 0 fully saturated rings. The first-order valence-corrected chi connectivity index (χ1v) is 11.2. The number of anilines is 1. The third kappa shape index (κ3) is 4.36. The van der Waals surface area contributed by atoms with Crippen molar-refractivity contribution in [1.29, 1.82) is 5.26 Å². The molecule has 0 aliphatic heterocycles. The lowest BCUT2D eigenvalue weighted by Crippen LogP contribution is -2.15. The molecule has 0 spiro atoms. The summed E-state index contributed by atoms with van der Waals surface area (Å²) in [5.41, 5.74) is 1.81. The molecule has 0 radical (unpaired) electrons. The summed E-state index contributed by atoms with van der Waals surface area (Å²) in [6.45, 7) is 7.09. The average molecular weight is 404 g/mol. The predicted molar refractivity (Wildman–Crippen MR) is 109 cm³/mol. The maximum atomic E-state index is 12.5. The molecular weight excluding hydrogens is 378 g/mol. The average Bonchev–Trinajstić information content (AvgIpc) is 3.19. The lowest BCUT2D eigenvalue weighted by atomic mass is 9.86. The molecule has 2 heterocycles. The van der Waals surface area contributed by atoms with Crippen LogP contribution in [0.2, 0.25) is 0 Å². The maximum absolute atomic E-state index is 12.5. The highest BCUT2D eigenvalue weighted by molar-refractivity contribution is 7.99. The molecule has 144 valence electrons. The third-order valence-electron chi connectivity index (χ3n) is 4.99. The van der Waals surface area contributed by atoms with Crippen molar-refractivity contribution in [3.63, 3.8) is 0 Å². The Bertz CT molecular complexity index is 864. The minimum absolute atomic E-state index is 0.106. The highest BCUT2D eigenvalue weighted by Crippen LogP contribution is 2.40. The Morgan fingerprint density at radius 1 is 1.44 bits per heavy atom. The first-order chi connectivity index (χ1) is 13.1. The normalized spacial score (nSPS) is 16.0. The molecule has 1 aliphatic carbocycles. The molecule has 0 unspecified atom stereocenters. The molecule has 0 saturated heterocycles. The molecule has 1 amide bonds. The molecule has 2 aromatic rings. The van der Waals surface area contributed by atoms with E-state index < -0.39 is 0 Å². The smallest absolute Gasteiger partial charge is 0.235 e. The molecular formula is C19H25N5OS2. The molecule has 1 aliphatic rings. The van der Waals surface area contributed by atoms with E-state index in [0.29, 0.717) is 16.5 Å². The van der Waals surface area contributed by atoms with Crippen molar-refractivity contribution < 1.29 is 4.79 Å². The Kier molecular flexibility index (Phi) is 6.55. The van der Waals surface area contributed by atoms with Gasteiger partial charge in [0.05, 0.1) is 11.3 Å². The van der Waals surface area contributed by atoms with Gasteiger partial charge in [0.1, 0.15) is 16.9 Å². The van der Waals surface area contributed by atoms with Crippen LogP contribution >= 0.6 is 23.1 Å². The summed E-state index contributed by atoms with van der Waals surface area (Å²) in [4.78, 5) is 13.7. The second kappa shape index (κ2) is 8.89. The number of amides is 1. The Labute approximate surface area is 168 Å². The van der Waals surface area contributed by atoms with E-state index in [-0.39, 0.29) is 11.7 Å². The number of nitrogens with one attached hydrogen (secondary N) is 1. The van der Waals surface area contributed by atoms with Gasteiger partial charge < -0.3 is 9.88 Å². The maximum Gasteiger partial charge on any atom is 0.235 e. The number of aryl methyl sites for hydroxylation is 1. The van der Waals surface area contributed by atoms with Crippen molar-refractivity contribution in [2.75, 3.05) is 11.1 Å². The number of hydrogen-bond acceptors (Lipinski definition) is 6. The van der Waals surface area contributed by atoms with E-state index in [1.54, 1.807) is 11.3 Å². The van der Waals surface area contributed by atoms with Crippen LogP contribution in [0.1, 0.15) is 54.9 Å². The number of fused-ring (bicyclic) bond motifs is 1. The lowest BCUT2D eigenvalue weighted by molar-refractivity contribution is -0.113. The quantitative estimate of drug-likeness (QED) is 0.701. The lowest BCUT2D eigenvalue weighted by Gasteiger charge is -2.20. The summed E-state index contributed by atoms with van der Waals surface area (Å²) in [6.07, 6.45) is 5.25. The topological polar surface area (TPSA) is 83.6 Å². The number of thioether (sulfide) groups is 1. The van der Waals surface area contributed by atoms with E-state index in [9.17, 15) is 10.1 Å². The van der Waals surface area contributed by atoms with Gasteiger partial charge in [-0.2, -0.15) is 5.26 Å². The van der Waals surface area contributed by atoms with Crippen LogP contribution in [-0.4, -0.2) is 26.4 Å². The highest BCUT2D eigenvalue weighted by Gasteiger charge is 2.25. The van der Waals surface area contributed by atoms with Crippen molar-refractivity contribution >= 4 is 34.0 Å². The summed E-state index contributed by atoms with van der Waals surface area (Å²) in [7, 11) is 0. The van der Waals surface area contributed by atoms with E-state index in [4.69, 9.17) is 0 Å². The van der Waals surface area contributed by atoms with Crippen molar-refractivity contribution in [2.45, 2.75) is 64.6 Å². The molecule has 8 heteroatoms. The van der Waals surface area contributed by atoms with Gasteiger partial charge in [0.2, 0.25) is 5.91 Å². The van der Waals surface area contributed by atoms with Gasteiger partial charge in [0.15, 0.2) is 5.16 Å². The van der Waals surface area contributed by atoms with Gasteiger partial charge in [0.25, 0.3) is 0 Å². The SMILES string of the molecule is CCCn1c(C)nnc1SCC(=O)Nc1sc2c(c1C#N)CC[C@H](CC)C2. The number of carbonyl (C=O) groups excluding carboxylic acids is 1. The van der Waals surface area contributed by atoms with Gasteiger partial charge in [-0.3, -0.25) is 4.79 Å². The standard InChI is InChI=1S/C19H25N5OS2/c1-4-8-24-12(3)22-23-19(24)26-11-17(25)21-18-15(10-20)14-7-6-13(5-2)9-16(14)27-18/h13H,4-9,11H2,1-3H3,(H,21,25)/t13-/m0/s1. The van der Waals surface area contributed by atoms with Crippen LogP contribution in [0.5, 0.6) is 0 Å². The summed E-state index contributed by atoms with van der Waals surface area (Å²) in [5, 5.41) is 22.3. The zero-order valence-corrected chi connectivity index (χ0v) is 17.7. The van der Waals surface area contributed by atoms with Crippen molar-refractivity contribution in [3.05, 3.63) is 21.8 Å². The molecule has 2 aromatic heterocycles. The summed E-state index contributed by atoms with van der Waals surface area (Å²) < 4.78 is 2.04. The number of aromatic nitrogens is 3. The first kappa shape index (κ1) is 19.9. The first-order valence-electron chi connectivity index (χ1n) is 9.44. The Hall–Kier alpha value is -1.85. The van der Waals surface area contributed by atoms with Crippen molar-refractivity contribution in [1.82, 2.24) is 14.8 Å². The molecule has 27 heavy (non-hydrogen) atoms. The fraction of sp³-hybridized carbons (Fsp3) is 0.579. The summed E-state index contributed by atoms with van der Waals surface area (Å²) in [6, 6.07) is 2.31. The van der Waals surface area contributed by atoms with Gasteiger partial charge >= 0.3 is 0 Å². The minimum atomic E-state index is -0.106. The van der Waals surface area contributed by atoms with Gasteiger partial charge in [-0.1, -0.05) is 32.0 Å². The van der Waals surface area contributed by atoms with Gasteiger partial charge in [-0.25, -0.2) is 0 Å².